The Bertz CT molecular complexity index is 115. The average Bonchev–Trinajstić information content (AvgIpc) is 2.17. The Morgan fingerprint density at radius 2 is 2.43 bits per heavy atom. The smallest absolute Gasteiger partial charge is 0.282 e. The molecular weight excluding hydrogens is 108 g/mol. The molecule has 1 heterocycles. The van der Waals surface area contributed by atoms with E-state index in [0.717, 1.165) is 6.54 Å². The Morgan fingerprint density at radius 3 is 2.43 bits per heavy atom. The van der Waals surface area contributed by atoms with E-state index in [0.29, 0.717) is 11.2 Å². The van der Waals surface area contributed by atoms with Gasteiger partial charge in [-0.15, -0.1) is 0 Å². The van der Waals surface area contributed by atoms with Gasteiger partial charge in [-0.2, -0.15) is 0 Å². The molecule has 0 saturated carbocycles. The van der Waals surface area contributed by atoms with Gasteiger partial charge < -0.3 is 0 Å². The highest BCUT2D eigenvalue weighted by Gasteiger charge is 2.30. The Balaban J connectivity index is 2.60. The number of nitrogens with zero attached hydrogens (tertiary/aromatic N) is 1. The lowest BCUT2D eigenvalue weighted by atomic mass is 10.6. The number of nitrogens with two attached hydrogens (primary N) is 1. The summed E-state index contributed by atoms with van der Waals surface area (Å²) in [4.78, 5) is 0. The van der Waals surface area contributed by atoms with Crippen molar-refractivity contribution in [2.45, 2.75) is 13.0 Å². The minimum absolute atomic E-state index is 0.637. The van der Waals surface area contributed by atoms with E-state index < -0.39 is 0 Å². The lowest BCUT2D eigenvalue weighted by molar-refractivity contribution is -0.355. The highest BCUT2D eigenvalue weighted by atomic mass is 32.1. The molecule has 1 saturated heterocycles. The van der Waals surface area contributed by atoms with Gasteiger partial charge in [0.25, 0.3) is 0 Å². The molecule has 0 amide bonds. The van der Waals surface area contributed by atoms with E-state index in [-0.39, 0.29) is 0 Å². The predicted octanol–water partition coefficient (Wildman–Crippen LogP) is -0.354. The summed E-state index contributed by atoms with van der Waals surface area (Å²) in [6.07, 6.45) is 0. The van der Waals surface area contributed by atoms with Gasteiger partial charge in [-0.05, 0) is 6.92 Å². The van der Waals surface area contributed by atoms with Crippen molar-refractivity contribution in [3.63, 3.8) is 0 Å². The third-order valence-corrected chi connectivity index (χ3v) is 1.41. The fraction of sp³-hybridized carbons (Fsp3) is 0.750. The Kier molecular flexibility index (Phi) is 0.995. The summed E-state index contributed by atoms with van der Waals surface area (Å²) in [5.41, 5.74) is 5.29. The zero-order valence-corrected chi connectivity index (χ0v) is 5.15. The maximum absolute atomic E-state index is 5.29. The van der Waals surface area contributed by atoms with Crippen LogP contribution in [0.4, 0.5) is 0 Å². The van der Waals surface area contributed by atoms with Crippen LogP contribution in [0.3, 0.4) is 0 Å². The molecule has 0 aromatic heterocycles. The molecule has 2 N–H and O–H groups in total. The summed E-state index contributed by atoms with van der Waals surface area (Å²) in [7, 11) is 0. The molecule has 7 heavy (non-hydrogen) atoms. The molecule has 0 spiro atoms. The minimum Gasteiger partial charge on any atom is -0.282 e. The summed E-state index contributed by atoms with van der Waals surface area (Å²) in [5, 5.41) is 0.646. The standard InChI is InChI=1S/C4H8N2S/c1-3-2-6(3)4(5)7/h3H,2H2,1H3,(H2,5,7)/p+1/t3-/m0/s1. The summed E-state index contributed by atoms with van der Waals surface area (Å²) in [5.74, 6) is 0. The van der Waals surface area contributed by atoms with Crippen LogP contribution < -0.4 is 5.73 Å². The quantitative estimate of drug-likeness (QED) is 0.193. The monoisotopic (exact) mass is 117 g/mol. The number of thiol groups is 1. The van der Waals surface area contributed by atoms with E-state index >= 15 is 0 Å². The number of rotatable bonds is 0. The fourth-order valence-electron chi connectivity index (χ4n) is 0.557. The molecule has 0 aromatic carbocycles. The highest BCUT2D eigenvalue weighted by Crippen LogP contribution is 2.07. The molecular formula is C4H9N2S+. The van der Waals surface area contributed by atoms with Gasteiger partial charge in [0, 0.05) is 0 Å². The topological polar surface area (TPSA) is 29.0 Å². The van der Waals surface area contributed by atoms with Crippen LogP contribution in [0.1, 0.15) is 6.92 Å². The fourth-order valence-corrected chi connectivity index (χ4v) is 0.836. The summed E-state index contributed by atoms with van der Waals surface area (Å²) in [6.45, 7) is 3.19. The van der Waals surface area contributed by atoms with Crippen molar-refractivity contribution in [1.29, 1.82) is 0 Å². The first-order valence-corrected chi connectivity index (χ1v) is 2.74. The van der Waals surface area contributed by atoms with Crippen molar-refractivity contribution in [1.82, 2.24) is 0 Å². The maximum Gasteiger partial charge on any atom is 0.301 e. The van der Waals surface area contributed by atoms with Crippen molar-refractivity contribution in [3.05, 3.63) is 0 Å². The van der Waals surface area contributed by atoms with E-state index in [9.17, 15) is 0 Å². The second-order valence-electron chi connectivity index (χ2n) is 1.86. The van der Waals surface area contributed by atoms with E-state index in [1.165, 1.54) is 0 Å². The van der Waals surface area contributed by atoms with Crippen molar-refractivity contribution in [2.24, 2.45) is 5.73 Å². The summed E-state index contributed by atoms with van der Waals surface area (Å²) < 4.78 is 2.02. The number of hydrogen-bond acceptors (Lipinski definition) is 0. The van der Waals surface area contributed by atoms with Gasteiger partial charge in [0.1, 0.15) is 12.6 Å². The molecule has 0 radical (unpaired) electrons. The van der Waals surface area contributed by atoms with E-state index in [4.69, 9.17) is 5.73 Å². The van der Waals surface area contributed by atoms with Crippen LogP contribution in [0.2, 0.25) is 0 Å². The van der Waals surface area contributed by atoms with Crippen LogP contribution in [-0.4, -0.2) is 22.3 Å². The molecule has 1 atom stereocenters. The van der Waals surface area contributed by atoms with Crippen LogP contribution in [0.25, 0.3) is 0 Å². The van der Waals surface area contributed by atoms with E-state index in [1.54, 1.807) is 0 Å². The minimum atomic E-state index is 0.637. The number of hydrogen-bond donors (Lipinski definition) is 2. The first-order valence-electron chi connectivity index (χ1n) is 2.30. The van der Waals surface area contributed by atoms with Crippen LogP contribution in [0.5, 0.6) is 0 Å². The first-order chi connectivity index (χ1) is 3.22. The lowest BCUT2D eigenvalue weighted by Crippen LogP contribution is -2.09. The average molecular weight is 117 g/mol. The van der Waals surface area contributed by atoms with Crippen molar-refractivity contribution in [3.8, 4) is 0 Å². The Labute approximate surface area is 48.4 Å². The second kappa shape index (κ2) is 1.40. The molecule has 0 aromatic rings. The van der Waals surface area contributed by atoms with E-state index in [1.807, 2.05) is 4.58 Å². The Hall–Kier alpha value is -0.180. The van der Waals surface area contributed by atoms with Gasteiger partial charge in [-0.1, -0.05) is 12.6 Å². The summed E-state index contributed by atoms with van der Waals surface area (Å²) in [6, 6.07) is 0.637. The molecule has 2 nitrogen and oxygen atoms in total. The maximum atomic E-state index is 5.29. The van der Waals surface area contributed by atoms with Crippen LogP contribution >= 0.6 is 12.6 Å². The lowest BCUT2D eigenvalue weighted by Gasteiger charge is -1.73. The number of amidine groups is 1. The van der Waals surface area contributed by atoms with Gasteiger partial charge in [-0.25, -0.2) is 4.58 Å². The molecule has 0 aliphatic carbocycles. The molecule has 0 bridgehead atoms. The van der Waals surface area contributed by atoms with Gasteiger partial charge in [0.05, 0.1) is 0 Å². The second-order valence-corrected chi connectivity index (χ2v) is 2.32. The zero-order valence-electron chi connectivity index (χ0n) is 4.26. The third-order valence-electron chi connectivity index (χ3n) is 1.15. The van der Waals surface area contributed by atoms with Crippen LogP contribution in [-0.2, 0) is 0 Å². The molecule has 1 aliphatic heterocycles. The zero-order chi connectivity index (χ0) is 5.44. The SMILES string of the molecule is C[C@H]1C[N+]1=C(N)S. The van der Waals surface area contributed by atoms with Crippen LogP contribution in [0.15, 0.2) is 0 Å². The molecule has 1 rings (SSSR count). The van der Waals surface area contributed by atoms with Crippen LogP contribution in [0, 0.1) is 0 Å². The van der Waals surface area contributed by atoms with Gasteiger partial charge in [0.15, 0.2) is 0 Å². The highest BCUT2D eigenvalue weighted by molar-refractivity contribution is 7.96. The van der Waals surface area contributed by atoms with Gasteiger partial charge >= 0.3 is 5.17 Å². The Morgan fingerprint density at radius 1 is 2.00 bits per heavy atom. The summed E-state index contributed by atoms with van der Waals surface area (Å²) >= 11 is 3.94. The van der Waals surface area contributed by atoms with Crippen molar-refractivity contribution < 1.29 is 4.58 Å². The molecule has 40 valence electrons. The molecule has 1 fully saturated rings. The molecule has 3 heteroatoms. The third kappa shape index (κ3) is 0.881. The van der Waals surface area contributed by atoms with Gasteiger partial charge in [0.2, 0.25) is 0 Å². The van der Waals surface area contributed by atoms with Gasteiger partial charge in [-0.3, -0.25) is 5.73 Å². The van der Waals surface area contributed by atoms with E-state index in [2.05, 4.69) is 19.6 Å². The van der Waals surface area contributed by atoms with Crippen molar-refractivity contribution >= 4 is 17.8 Å². The predicted molar refractivity (Wildman–Crippen MR) is 32.8 cm³/mol. The normalized spacial score (nSPS) is 35.4. The van der Waals surface area contributed by atoms with Crippen molar-refractivity contribution in [2.75, 3.05) is 6.54 Å². The molecule has 0 unspecified atom stereocenters. The first kappa shape index (κ1) is 4.97. The largest absolute Gasteiger partial charge is 0.301 e. The molecule has 1 aliphatic rings.